The molecule has 4 aliphatic carbocycles. The first-order valence-electron chi connectivity index (χ1n) is 21.1. The maximum absolute atomic E-state index is 3.99. The highest BCUT2D eigenvalue weighted by Crippen LogP contribution is 2.56. The van der Waals surface area contributed by atoms with Crippen LogP contribution in [0.2, 0.25) is 0 Å². The van der Waals surface area contributed by atoms with Gasteiger partial charge in [-0.1, -0.05) is 19.8 Å². The molecule has 4 saturated carbocycles. The third-order valence-electron chi connectivity index (χ3n) is 16.7. The molecule has 0 aromatic carbocycles. The van der Waals surface area contributed by atoms with Crippen molar-refractivity contribution in [3.8, 4) is 0 Å². The van der Waals surface area contributed by atoms with Gasteiger partial charge in [0, 0.05) is 49.3 Å². The first-order valence-corrected chi connectivity index (χ1v) is 21.1. The van der Waals surface area contributed by atoms with Crippen LogP contribution >= 0.6 is 0 Å². The van der Waals surface area contributed by atoms with E-state index in [1.54, 1.807) is 32.1 Å². The molecule has 6 heteroatoms. The van der Waals surface area contributed by atoms with E-state index in [4.69, 9.17) is 0 Å². The van der Waals surface area contributed by atoms with Crippen molar-refractivity contribution in [3.63, 3.8) is 0 Å². The minimum atomic E-state index is 0.696. The Balaban J connectivity index is 0.825. The molecule has 260 valence electrons. The molecule has 0 aromatic heterocycles. The first kappa shape index (κ1) is 31.7. The molecule has 0 radical (unpaired) electrons. The van der Waals surface area contributed by atoms with E-state index in [0.29, 0.717) is 6.04 Å². The summed E-state index contributed by atoms with van der Waals surface area (Å²) in [7, 11) is 0. The van der Waals surface area contributed by atoms with Crippen molar-refractivity contribution in [1.29, 1.82) is 0 Å². The van der Waals surface area contributed by atoms with Gasteiger partial charge in [-0.05, 0) is 182 Å². The summed E-state index contributed by atoms with van der Waals surface area (Å²) >= 11 is 0. The molecule has 5 N–H and O–H groups in total. The van der Waals surface area contributed by atoms with E-state index in [2.05, 4.69) is 38.6 Å². The number of hydrogen-bond donors (Lipinski definition) is 5. The summed E-state index contributed by atoms with van der Waals surface area (Å²) < 4.78 is 0. The van der Waals surface area contributed by atoms with E-state index >= 15 is 0 Å². The van der Waals surface area contributed by atoms with Gasteiger partial charge in [0.15, 0.2) is 0 Å². The van der Waals surface area contributed by atoms with Gasteiger partial charge < -0.3 is 16.0 Å². The highest BCUT2D eigenvalue weighted by atomic mass is 15.4. The van der Waals surface area contributed by atoms with Gasteiger partial charge in [0.05, 0.1) is 0 Å². The zero-order chi connectivity index (χ0) is 30.6. The molecular weight excluding hydrogens is 564 g/mol. The van der Waals surface area contributed by atoms with Gasteiger partial charge in [-0.3, -0.25) is 15.8 Å². The van der Waals surface area contributed by atoms with Crippen LogP contribution in [0.4, 0.5) is 0 Å². The third kappa shape index (κ3) is 5.97. The fourth-order valence-corrected chi connectivity index (χ4v) is 14.7. The van der Waals surface area contributed by atoms with Crippen LogP contribution in [0.1, 0.15) is 122 Å². The molecule has 9 fully saturated rings. The van der Waals surface area contributed by atoms with Gasteiger partial charge in [-0.15, -0.1) is 0 Å². The van der Waals surface area contributed by atoms with E-state index in [1.807, 2.05) is 0 Å². The van der Waals surface area contributed by atoms with Gasteiger partial charge >= 0.3 is 0 Å². The molecule has 46 heavy (non-hydrogen) atoms. The maximum Gasteiger partial charge on any atom is 0.0257 e. The van der Waals surface area contributed by atoms with Crippen LogP contribution in [-0.4, -0.2) is 73.9 Å². The molecule has 0 bridgehead atoms. The van der Waals surface area contributed by atoms with Crippen molar-refractivity contribution >= 4 is 0 Å². The van der Waals surface area contributed by atoms with Crippen LogP contribution < -0.4 is 26.8 Å². The summed E-state index contributed by atoms with van der Waals surface area (Å²) in [6.45, 7) is 8.78. The second-order valence-corrected chi connectivity index (χ2v) is 18.7. The number of fused-ring (bicyclic) bond motifs is 5. The molecule has 0 spiro atoms. The summed E-state index contributed by atoms with van der Waals surface area (Å²) in [5.74, 6) is 9.64. The molecule has 9 aliphatic rings. The number of hydrazine groups is 1. The number of likely N-dealkylation sites (tertiary alicyclic amines) is 1. The van der Waals surface area contributed by atoms with Crippen LogP contribution in [0.3, 0.4) is 0 Å². The van der Waals surface area contributed by atoms with Gasteiger partial charge in [0.2, 0.25) is 0 Å². The Kier molecular flexibility index (Phi) is 9.53. The van der Waals surface area contributed by atoms with Crippen LogP contribution in [0.25, 0.3) is 0 Å². The smallest absolute Gasteiger partial charge is 0.0257 e. The fraction of sp³-hybridized carbons (Fsp3) is 1.00. The highest BCUT2D eigenvalue weighted by molar-refractivity contribution is 5.09. The molecule has 12 atom stereocenters. The number of piperidine rings is 3. The zero-order valence-electron chi connectivity index (χ0n) is 29.4. The summed E-state index contributed by atoms with van der Waals surface area (Å²) in [5.41, 5.74) is 6.84. The first-order chi connectivity index (χ1) is 22.7. The molecule has 0 amide bonds. The lowest BCUT2D eigenvalue weighted by molar-refractivity contribution is 0.00262. The quantitative estimate of drug-likeness (QED) is 0.274. The lowest BCUT2D eigenvalue weighted by atomic mass is 9.60. The number of nitrogens with one attached hydrogen (secondary N) is 5. The van der Waals surface area contributed by atoms with E-state index in [0.717, 1.165) is 102 Å². The summed E-state index contributed by atoms with van der Waals surface area (Å²) in [6.07, 6.45) is 27.0. The zero-order valence-corrected chi connectivity index (χ0v) is 29.4. The number of nitrogens with zero attached hydrogens (tertiary/aromatic N) is 1. The Labute approximate surface area is 281 Å². The minimum Gasteiger partial charge on any atom is -0.312 e. The van der Waals surface area contributed by atoms with E-state index in [-0.39, 0.29) is 0 Å². The van der Waals surface area contributed by atoms with Crippen LogP contribution in [-0.2, 0) is 0 Å². The Hall–Kier alpha value is -0.240. The highest BCUT2D eigenvalue weighted by Gasteiger charge is 2.56. The second-order valence-electron chi connectivity index (χ2n) is 18.7. The van der Waals surface area contributed by atoms with Gasteiger partial charge in [0.1, 0.15) is 0 Å². The molecule has 0 aromatic rings. The lowest BCUT2D eigenvalue weighted by Gasteiger charge is -2.50. The Bertz CT molecular complexity index is 1000. The minimum absolute atomic E-state index is 0.696. The van der Waals surface area contributed by atoms with E-state index in [9.17, 15) is 0 Å². The Morgan fingerprint density at radius 3 is 2.15 bits per heavy atom. The van der Waals surface area contributed by atoms with Crippen molar-refractivity contribution < 1.29 is 0 Å². The van der Waals surface area contributed by atoms with Crippen molar-refractivity contribution in [2.75, 3.05) is 32.7 Å². The van der Waals surface area contributed by atoms with E-state index in [1.165, 1.54) is 103 Å². The molecule has 9 rings (SSSR count). The Morgan fingerprint density at radius 1 is 0.478 bits per heavy atom. The van der Waals surface area contributed by atoms with Crippen molar-refractivity contribution in [3.05, 3.63) is 0 Å². The van der Waals surface area contributed by atoms with Crippen LogP contribution in [0.15, 0.2) is 0 Å². The molecule has 5 aliphatic heterocycles. The average molecular weight is 635 g/mol. The van der Waals surface area contributed by atoms with Crippen molar-refractivity contribution in [2.45, 2.75) is 159 Å². The van der Waals surface area contributed by atoms with Crippen molar-refractivity contribution in [1.82, 2.24) is 31.7 Å². The van der Waals surface area contributed by atoms with Gasteiger partial charge in [0.25, 0.3) is 0 Å². The Morgan fingerprint density at radius 2 is 1.26 bits per heavy atom. The third-order valence-corrected chi connectivity index (χ3v) is 16.7. The summed E-state index contributed by atoms with van der Waals surface area (Å²) in [5, 5.41) is 11.8. The second kappa shape index (κ2) is 13.8. The topological polar surface area (TPSA) is 63.4 Å². The van der Waals surface area contributed by atoms with E-state index < -0.39 is 0 Å². The SMILES string of the molecule is CC1CC(C2CCC(C3CCNC4CCCNC43)CC2)CC2C3CCCCC3N(C3CCC(C4CNC5CNNCC5C4)CC3)C12. The standard InChI is InChI=1S/C40H70N6/c1-25-19-29(26-8-10-28(11-9-26)33-16-18-41-36-6-4-17-42-39(33)36)21-35-34-5-2-3-7-38(34)46(40(25)35)32-14-12-27(13-15-32)30-20-31-23-44-45-24-37(31)43-22-30/h25-45H,2-24H2,1H3. The fourth-order valence-electron chi connectivity index (χ4n) is 14.7. The summed E-state index contributed by atoms with van der Waals surface area (Å²) in [4.78, 5) is 3.29. The lowest BCUT2D eigenvalue weighted by Crippen LogP contribution is -2.61. The largest absolute Gasteiger partial charge is 0.312 e. The predicted octanol–water partition coefficient (Wildman–Crippen LogP) is 5.69. The molecule has 5 heterocycles. The van der Waals surface area contributed by atoms with Gasteiger partial charge in [-0.2, -0.15) is 0 Å². The molecule has 6 nitrogen and oxygen atoms in total. The number of rotatable bonds is 4. The average Bonchev–Trinajstić information content (AvgIpc) is 3.46. The summed E-state index contributed by atoms with van der Waals surface area (Å²) in [6, 6.07) is 4.94. The monoisotopic (exact) mass is 635 g/mol. The molecule has 12 unspecified atom stereocenters. The van der Waals surface area contributed by atoms with Crippen LogP contribution in [0, 0.1) is 59.2 Å². The van der Waals surface area contributed by atoms with Crippen LogP contribution in [0.5, 0.6) is 0 Å². The molecular formula is C40H70N6. The van der Waals surface area contributed by atoms with Crippen molar-refractivity contribution in [2.24, 2.45) is 59.2 Å². The normalized spacial score (nSPS) is 53.4. The maximum atomic E-state index is 3.99. The number of hydrogen-bond acceptors (Lipinski definition) is 6. The predicted molar refractivity (Wildman–Crippen MR) is 188 cm³/mol. The van der Waals surface area contributed by atoms with Gasteiger partial charge in [-0.25, -0.2) is 0 Å². The molecule has 5 saturated heterocycles.